The first-order valence-corrected chi connectivity index (χ1v) is 6.04. The molecule has 0 bridgehead atoms. The average Bonchev–Trinajstić information content (AvgIpc) is 2.37. The molecule has 1 rings (SSSR count). The average molecular weight is 262 g/mol. The molecule has 0 aliphatic heterocycles. The van der Waals surface area contributed by atoms with Gasteiger partial charge in [-0.1, -0.05) is 23.8 Å². The summed E-state index contributed by atoms with van der Waals surface area (Å²) in [6, 6.07) is 4.82. The molecule has 0 atom stereocenters. The van der Waals surface area contributed by atoms with Gasteiger partial charge in [0, 0.05) is 0 Å². The molecule has 1 aromatic carbocycles. The van der Waals surface area contributed by atoms with Gasteiger partial charge in [-0.15, -0.1) is 0 Å². The molecule has 0 aliphatic rings. The van der Waals surface area contributed by atoms with Gasteiger partial charge in [0.15, 0.2) is 0 Å². The minimum atomic E-state index is -1.12. The number of ether oxygens (including phenoxy) is 1. The van der Waals surface area contributed by atoms with Crippen molar-refractivity contribution in [3.05, 3.63) is 46.5 Å². The molecule has 0 heterocycles. The lowest BCUT2D eigenvalue weighted by Crippen LogP contribution is -2.13. The number of hydrogen-bond donors (Lipinski definition) is 1. The molecule has 4 nitrogen and oxygen atoms in total. The van der Waals surface area contributed by atoms with Crippen molar-refractivity contribution in [2.45, 2.75) is 26.7 Å². The summed E-state index contributed by atoms with van der Waals surface area (Å²) >= 11 is 0. The van der Waals surface area contributed by atoms with Crippen LogP contribution in [0.5, 0.6) is 0 Å². The Balaban J connectivity index is 3.16. The van der Waals surface area contributed by atoms with E-state index >= 15 is 0 Å². The minimum absolute atomic E-state index is 0.0125. The minimum Gasteiger partial charge on any atom is -0.478 e. The molecule has 0 radical (unpaired) electrons. The number of hydrogen-bond acceptors (Lipinski definition) is 3. The summed E-state index contributed by atoms with van der Waals surface area (Å²) in [4.78, 5) is 22.9. The lowest BCUT2D eigenvalue weighted by atomic mass is 9.97. The molecule has 1 N–H and O–H groups in total. The van der Waals surface area contributed by atoms with Crippen molar-refractivity contribution in [3.8, 4) is 0 Å². The molecule has 0 unspecified atom stereocenters. The Hall–Kier alpha value is -2.10. The van der Waals surface area contributed by atoms with Gasteiger partial charge in [0.05, 0.1) is 18.2 Å². The number of aromatic carboxylic acids is 1. The van der Waals surface area contributed by atoms with Crippen LogP contribution in [0, 0.1) is 0 Å². The second kappa shape index (κ2) is 6.73. The van der Waals surface area contributed by atoms with Crippen molar-refractivity contribution in [2.24, 2.45) is 0 Å². The van der Waals surface area contributed by atoms with Gasteiger partial charge in [-0.3, -0.25) is 0 Å². The van der Waals surface area contributed by atoms with E-state index in [2.05, 4.69) is 10.8 Å². The van der Waals surface area contributed by atoms with Gasteiger partial charge in [-0.05, 0) is 38.3 Å². The first kappa shape index (κ1) is 15.0. The van der Waals surface area contributed by atoms with Gasteiger partial charge >= 0.3 is 11.9 Å². The molecular formula is C15H18O4. The summed E-state index contributed by atoms with van der Waals surface area (Å²) in [5.74, 6) is -1.73. The largest absolute Gasteiger partial charge is 0.478 e. The molecule has 0 aliphatic carbocycles. The summed E-state index contributed by atoms with van der Waals surface area (Å²) in [7, 11) is 1.25. The van der Waals surface area contributed by atoms with Crippen LogP contribution in [0.3, 0.4) is 0 Å². The number of rotatable bonds is 5. The third-order valence-corrected chi connectivity index (χ3v) is 2.74. The van der Waals surface area contributed by atoms with Gasteiger partial charge < -0.3 is 9.84 Å². The van der Waals surface area contributed by atoms with E-state index in [0.717, 1.165) is 6.42 Å². The Morgan fingerprint density at radius 1 is 1.32 bits per heavy atom. The highest BCUT2D eigenvalue weighted by molar-refractivity contribution is 6.03. The van der Waals surface area contributed by atoms with Gasteiger partial charge in [-0.2, -0.15) is 0 Å². The van der Waals surface area contributed by atoms with Crippen molar-refractivity contribution in [2.75, 3.05) is 7.11 Å². The molecule has 19 heavy (non-hydrogen) atoms. The van der Waals surface area contributed by atoms with E-state index < -0.39 is 11.9 Å². The summed E-state index contributed by atoms with van der Waals surface area (Å²) < 4.78 is 4.68. The van der Waals surface area contributed by atoms with Crippen molar-refractivity contribution < 1.29 is 19.4 Å². The first-order chi connectivity index (χ1) is 8.97. The zero-order chi connectivity index (χ0) is 14.4. The topological polar surface area (TPSA) is 63.6 Å². The van der Waals surface area contributed by atoms with Crippen LogP contribution < -0.4 is 0 Å². The van der Waals surface area contributed by atoms with E-state index in [0.29, 0.717) is 12.0 Å². The van der Waals surface area contributed by atoms with Gasteiger partial charge in [-0.25, -0.2) is 9.59 Å². The van der Waals surface area contributed by atoms with Crippen molar-refractivity contribution in [3.63, 3.8) is 0 Å². The SMILES string of the molecule is COC(=O)c1c(CCC=C(C)C)cccc1C(=O)O. The molecule has 4 heteroatoms. The van der Waals surface area contributed by atoms with E-state index in [-0.39, 0.29) is 11.1 Å². The quantitative estimate of drug-likeness (QED) is 0.654. The molecule has 0 saturated carbocycles. The number of carboxylic acid groups (broad SMARTS) is 1. The van der Waals surface area contributed by atoms with Crippen LogP contribution >= 0.6 is 0 Å². The van der Waals surface area contributed by atoms with Gasteiger partial charge in [0.1, 0.15) is 0 Å². The molecule has 0 fully saturated rings. The van der Waals surface area contributed by atoms with Crippen molar-refractivity contribution >= 4 is 11.9 Å². The summed E-state index contributed by atoms with van der Waals surface area (Å²) in [5.41, 5.74) is 2.03. The third-order valence-electron chi connectivity index (χ3n) is 2.74. The fourth-order valence-electron chi connectivity index (χ4n) is 1.85. The monoisotopic (exact) mass is 262 g/mol. The standard InChI is InChI=1S/C15H18O4/c1-10(2)6-4-7-11-8-5-9-12(14(16)17)13(11)15(18)19-3/h5-6,8-9H,4,7H2,1-3H3,(H,16,17). The van der Waals surface area contributed by atoms with Crippen LogP contribution in [0.25, 0.3) is 0 Å². The molecule has 0 amide bonds. The first-order valence-electron chi connectivity index (χ1n) is 6.04. The highest BCUT2D eigenvalue weighted by Gasteiger charge is 2.20. The number of carboxylic acids is 1. The van der Waals surface area contributed by atoms with E-state index in [1.165, 1.54) is 18.7 Å². The molecule has 0 spiro atoms. The Labute approximate surface area is 112 Å². The zero-order valence-electron chi connectivity index (χ0n) is 11.4. The number of allylic oxidation sites excluding steroid dienone is 2. The molecule has 1 aromatic rings. The molecule has 102 valence electrons. The summed E-state index contributed by atoms with van der Waals surface area (Å²) in [5, 5.41) is 9.13. The lowest BCUT2D eigenvalue weighted by molar-refractivity contribution is 0.0581. The Kier molecular flexibility index (Phi) is 5.30. The Morgan fingerprint density at radius 3 is 2.53 bits per heavy atom. The van der Waals surface area contributed by atoms with Crippen LogP contribution in [0.2, 0.25) is 0 Å². The zero-order valence-corrected chi connectivity index (χ0v) is 11.4. The lowest BCUT2D eigenvalue weighted by Gasteiger charge is -2.10. The molecular weight excluding hydrogens is 244 g/mol. The maximum atomic E-state index is 11.8. The second-order valence-corrected chi connectivity index (χ2v) is 4.46. The number of methoxy groups -OCH3 is 1. The normalized spacial score (nSPS) is 9.84. The maximum Gasteiger partial charge on any atom is 0.339 e. The van der Waals surface area contributed by atoms with E-state index in [4.69, 9.17) is 5.11 Å². The number of carbonyl (C=O) groups is 2. The number of benzene rings is 1. The maximum absolute atomic E-state index is 11.8. The van der Waals surface area contributed by atoms with Crippen LogP contribution in [-0.2, 0) is 11.2 Å². The highest BCUT2D eigenvalue weighted by atomic mass is 16.5. The van der Waals surface area contributed by atoms with Crippen LogP contribution in [0.15, 0.2) is 29.8 Å². The summed E-state index contributed by atoms with van der Waals surface area (Å²) in [6.45, 7) is 3.99. The Bertz CT molecular complexity index is 511. The van der Waals surface area contributed by atoms with Crippen molar-refractivity contribution in [1.29, 1.82) is 0 Å². The summed E-state index contributed by atoms with van der Waals surface area (Å²) in [6.07, 6.45) is 3.42. The Morgan fingerprint density at radius 2 is 2.00 bits per heavy atom. The fraction of sp³-hybridized carbons (Fsp3) is 0.333. The number of esters is 1. The van der Waals surface area contributed by atoms with E-state index in [9.17, 15) is 9.59 Å². The number of aryl methyl sites for hydroxylation is 1. The fourth-order valence-corrected chi connectivity index (χ4v) is 1.85. The van der Waals surface area contributed by atoms with Gasteiger partial charge in [0.25, 0.3) is 0 Å². The third kappa shape index (κ3) is 3.95. The predicted octanol–water partition coefficient (Wildman–Crippen LogP) is 3.07. The smallest absolute Gasteiger partial charge is 0.339 e. The van der Waals surface area contributed by atoms with E-state index in [1.807, 2.05) is 13.8 Å². The van der Waals surface area contributed by atoms with Crippen molar-refractivity contribution in [1.82, 2.24) is 0 Å². The van der Waals surface area contributed by atoms with E-state index in [1.54, 1.807) is 12.1 Å². The van der Waals surface area contributed by atoms with Crippen LogP contribution in [0.1, 0.15) is 46.5 Å². The highest BCUT2D eigenvalue weighted by Crippen LogP contribution is 2.18. The number of carbonyl (C=O) groups excluding carboxylic acids is 1. The van der Waals surface area contributed by atoms with Crippen LogP contribution in [-0.4, -0.2) is 24.2 Å². The molecule has 0 saturated heterocycles. The molecule has 0 aromatic heterocycles. The predicted molar refractivity (Wildman–Crippen MR) is 72.5 cm³/mol. The van der Waals surface area contributed by atoms with Gasteiger partial charge in [0.2, 0.25) is 0 Å². The van der Waals surface area contributed by atoms with Crippen LogP contribution in [0.4, 0.5) is 0 Å². The second-order valence-electron chi connectivity index (χ2n) is 4.46.